The van der Waals surface area contributed by atoms with Crippen LogP contribution >= 0.6 is 11.6 Å². The van der Waals surface area contributed by atoms with E-state index >= 15 is 0 Å². The third-order valence-corrected chi connectivity index (χ3v) is 8.15. The van der Waals surface area contributed by atoms with E-state index in [1.54, 1.807) is 6.08 Å². The topological polar surface area (TPSA) is 138 Å². The van der Waals surface area contributed by atoms with Crippen LogP contribution in [0.5, 0.6) is 0 Å². The first kappa shape index (κ1) is 31.8. The molecule has 1 amide bonds. The van der Waals surface area contributed by atoms with Gasteiger partial charge in [-0.25, -0.2) is 0 Å². The monoisotopic (exact) mass is 581 g/mol. The highest BCUT2D eigenvalue weighted by Crippen LogP contribution is 2.58. The normalized spacial score (nSPS) is 33.5. The molecular weight excluding hydrogens is 542 g/mol. The van der Waals surface area contributed by atoms with Gasteiger partial charge in [0.25, 0.3) is 0 Å². The number of nitrogens with one attached hydrogen (secondary N) is 1. The Morgan fingerprint density at radius 3 is 2.33 bits per heavy atom. The second kappa shape index (κ2) is 12.9. The first-order valence-electron chi connectivity index (χ1n) is 13.9. The molecule has 0 aromatic rings. The highest BCUT2D eigenvalue weighted by atomic mass is 35.5. The van der Waals surface area contributed by atoms with Crippen LogP contribution in [0.3, 0.4) is 0 Å². The molecule has 2 aliphatic carbocycles. The average molecular weight is 582 g/mol. The number of ether oxygens (including phenoxy) is 4. The summed E-state index contributed by atoms with van der Waals surface area (Å²) in [5.74, 6) is -3.13. The van der Waals surface area contributed by atoms with Gasteiger partial charge in [0.05, 0.1) is 6.04 Å². The lowest BCUT2D eigenvalue weighted by Gasteiger charge is -2.55. The number of Topliss-reactive ketones (excluding diaryl/α,β-unsaturated/α-hetero) is 1. The predicted molar refractivity (Wildman–Crippen MR) is 145 cm³/mol. The highest BCUT2D eigenvalue weighted by Gasteiger charge is 2.82. The van der Waals surface area contributed by atoms with Crippen LogP contribution in [0, 0.1) is 5.92 Å². The van der Waals surface area contributed by atoms with Crippen molar-refractivity contribution in [1.29, 1.82) is 0 Å². The fourth-order valence-electron chi connectivity index (χ4n) is 5.96. The molecular formula is C29H40ClNO9. The molecule has 2 saturated carbocycles. The second-order valence-electron chi connectivity index (χ2n) is 11.1. The lowest BCUT2D eigenvalue weighted by atomic mass is 9.62. The van der Waals surface area contributed by atoms with E-state index in [1.165, 1.54) is 25.3 Å². The Bertz CT molecular complexity index is 1090. The van der Waals surface area contributed by atoms with Crippen molar-refractivity contribution in [2.45, 2.75) is 121 Å². The van der Waals surface area contributed by atoms with Crippen molar-refractivity contribution >= 4 is 41.2 Å². The molecule has 3 rings (SSSR count). The standard InChI is InChI=1S/C29H40ClNO9/c1-7-8-9-10-11-16(2)14-17(3)12-13-22(35)31-21-15-28(40-20(6)34)26-23(39-26)24(36)29(30,25(21)37-18(4)32)27(28)38-19(5)33/h12-14,16,21,23,25-27H,7-11,15H2,1-6H3,(H,31,35). The van der Waals surface area contributed by atoms with E-state index in [1.807, 2.05) is 6.92 Å². The van der Waals surface area contributed by atoms with Crippen molar-refractivity contribution in [3.8, 4) is 0 Å². The number of allylic oxidation sites excluding steroid dienone is 3. The summed E-state index contributed by atoms with van der Waals surface area (Å²) < 4.78 is 22.2. The Hall–Kier alpha value is -2.72. The van der Waals surface area contributed by atoms with Gasteiger partial charge in [-0.05, 0) is 19.3 Å². The zero-order chi connectivity index (χ0) is 29.8. The number of amides is 1. The SMILES string of the molecule is CCCCCCC(C)C=C(C)C=CC(=O)NC1CC2(OC(C)=O)C3OC3C(=O)C(Cl)(C1OC(C)=O)C2OC(C)=O. The molecule has 1 aliphatic heterocycles. The van der Waals surface area contributed by atoms with Crippen molar-refractivity contribution in [1.82, 2.24) is 5.32 Å². The summed E-state index contributed by atoms with van der Waals surface area (Å²) in [5, 5.41) is 2.76. The molecule has 10 nitrogen and oxygen atoms in total. The number of hydrogen-bond acceptors (Lipinski definition) is 9. The minimum Gasteiger partial charge on any atom is -0.458 e. The number of halogens is 1. The summed E-state index contributed by atoms with van der Waals surface area (Å²) >= 11 is 6.94. The Morgan fingerprint density at radius 2 is 1.73 bits per heavy atom. The number of esters is 3. The van der Waals surface area contributed by atoms with Gasteiger partial charge in [0.1, 0.15) is 12.2 Å². The van der Waals surface area contributed by atoms with Gasteiger partial charge < -0.3 is 24.3 Å². The summed E-state index contributed by atoms with van der Waals surface area (Å²) in [6, 6.07) is -1.07. The van der Waals surface area contributed by atoms with Crippen LogP contribution in [-0.4, -0.2) is 70.5 Å². The summed E-state index contributed by atoms with van der Waals surface area (Å²) in [5.41, 5.74) is -0.779. The molecule has 1 N–H and O–H groups in total. The number of ketones is 1. The molecule has 0 aromatic heterocycles. The van der Waals surface area contributed by atoms with Crippen LogP contribution in [-0.2, 0) is 42.9 Å². The van der Waals surface area contributed by atoms with E-state index < -0.39 is 70.5 Å². The average Bonchev–Trinajstić information content (AvgIpc) is 3.65. The largest absolute Gasteiger partial charge is 0.458 e. The number of epoxide rings is 1. The molecule has 3 fully saturated rings. The summed E-state index contributed by atoms with van der Waals surface area (Å²) in [6.07, 6.45) is 5.81. The third-order valence-electron chi connectivity index (χ3n) is 7.55. The van der Waals surface area contributed by atoms with Crippen LogP contribution < -0.4 is 5.32 Å². The van der Waals surface area contributed by atoms with Crippen molar-refractivity contribution < 1.29 is 42.9 Å². The molecule has 8 atom stereocenters. The van der Waals surface area contributed by atoms with Gasteiger partial charge in [-0.2, -0.15) is 0 Å². The molecule has 1 heterocycles. The van der Waals surface area contributed by atoms with E-state index in [-0.39, 0.29) is 6.42 Å². The van der Waals surface area contributed by atoms with Crippen molar-refractivity contribution in [3.63, 3.8) is 0 Å². The van der Waals surface area contributed by atoms with Gasteiger partial charge in [-0.3, -0.25) is 24.0 Å². The number of rotatable bonds is 12. The summed E-state index contributed by atoms with van der Waals surface area (Å²) in [6.45, 7) is 9.62. The Balaban J connectivity index is 1.87. The molecule has 40 heavy (non-hydrogen) atoms. The predicted octanol–water partition coefficient (Wildman–Crippen LogP) is 3.48. The smallest absolute Gasteiger partial charge is 0.303 e. The third kappa shape index (κ3) is 6.77. The van der Waals surface area contributed by atoms with E-state index in [0.717, 1.165) is 39.2 Å². The molecule has 222 valence electrons. The van der Waals surface area contributed by atoms with Gasteiger partial charge in [0.15, 0.2) is 28.5 Å². The zero-order valence-corrected chi connectivity index (χ0v) is 24.7. The Kier molecular flexibility index (Phi) is 10.2. The molecule has 2 bridgehead atoms. The van der Waals surface area contributed by atoms with Crippen LogP contribution in [0.4, 0.5) is 0 Å². The quantitative estimate of drug-likeness (QED) is 0.0698. The van der Waals surface area contributed by atoms with Gasteiger partial charge in [-0.15, -0.1) is 11.6 Å². The summed E-state index contributed by atoms with van der Waals surface area (Å²) in [7, 11) is 0. The summed E-state index contributed by atoms with van der Waals surface area (Å²) in [4.78, 5) is 60.7. The fourth-order valence-corrected chi connectivity index (χ4v) is 6.49. The van der Waals surface area contributed by atoms with Gasteiger partial charge >= 0.3 is 17.9 Å². The molecule has 0 radical (unpaired) electrons. The van der Waals surface area contributed by atoms with Crippen molar-refractivity contribution in [2.24, 2.45) is 5.92 Å². The Morgan fingerprint density at radius 1 is 1.05 bits per heavy atom. The maximum Gasteiger partial charge on any atom is 0.303 e. The number of carbonyl (C=O) groups excluding carboxylic acids is 5. The maximum absolute atomic E-state index is 13.5. The second-order valence-corrected chi connectivity index (χ2v) is 11.7. The molecule has 1 saturated heterocycles. The van der Waals surface area contributed by atoms with E-state index in [4.69, 9.17) is 30.5 Å². The molecule has 3 aliphatic rings. The number of hydrogen-bond donors (Lipinski definition) is 1. The number of alkyl halides is 1. The molecule has 0 spiro atoms. The highest BCUT2D eigenvalue weighted by molar-refractivity contribution is 6.38. The Labute approximate surface area is 240 Å². The molecule has 8 unspecified atom stereocenters. The zero-order valence-electron chi connectivity index (χ0n) is 24.0. The van der Waals surface area contributed by atoms with Crippen LogP contribution in [0.2, 0.25) is 0 Å². The van der Waals surface area contributed by atoms with Crippen molar-refractivity contribution in [3.05, 3.63) is 23.8 Å². The van der Waals surface area contributed by atoms with Gasteiger partial charge in [-0.1, -0.05) is 57.3 Å². The molecule has 11 heteroatoms. The first-order chi connectivity index (χ1) is 18.8. The number of unbranched alkanes of at least 4 members (excludes halogenated alkanes) is 3. The van der Waals surface area contributed by atoms with Gasteiger partial charge in [0.2, 0.25) is 5.91 Å². The minimum absolute atomic E-state index is 0.172. The fraction of sp³-hybridized carbons (Fsp3) is 0.690. The van der Waals surface area contributed by atoms with Crippen molar-refractivity contribution in [2.75, 3.05) is 0 Å². The lowest BCUT2D eigenvalue weighted by molar-refractivity contribution is -0.220. The number of fused-ring (bicyclic) bond motifs is 4. The van der Waals surface area contributed by atoms with E-state index in [2.05, 4.69) is 25.2 Å². The van der Waals surface area contributed by atoms with Crippen LogP contribution in [0.1, 0.15) is 80.1 Å². The van der Waals surface area contributed by atoms with Gasteiger partial charge in [0, 0.05) is 33.3 Å². The maximum atomic E-state index is 13.5. The van der Waals surface area contributed by atoms with E-state index in [9.17, 15) is 24.0 Å². The molecule has 0 aromatic carbocycles. The van der Waals surface area contributed by atoms with Crippen LogP contribution in [0.15, 0.2) is 23.8 Å². The number of carbonyl (C=O) groups is 5. The first-order valence-corrected chi connectivity index (χ1v) is 14.2. The van der Waals surface area contributed by atoms with Crippen LogP contribution in [0.25, 0.3) is 0 Å². The van der Waals surface area contributed by atoms with E-state index in [0.29, 0.717) is 5.92 Å². The lowest BCUT2D eigenvalue weighted by Crippen LogP contribution is -2.79. The minimum atomic E-state index is -2.17.